The molecule has 0 spiro atoms. The Labute approximate surface area is 69.3 Å². The lowest BCUT2D eigenvalue weighted by molar-refractivity contribution is 0.871. The standard InChI is InChI=1S/C6H10N2.C3H8/c1-5-6(2)8(3)4-7-5;1-3-2/h4H,1-3H3;3H2,1-2H3. The van der Waals surface area contributed by atoms with Crippen LogP contribution in [-0.4, -0.2) is 9.55 Å². The Morgan fingerprint density at radius 2 is 1.82 bits per heavy atom. The van der Waals surface area contributed by atoms with E-state index >= 15 is 0 Å². The number of nitrogens with zero attached hydrogens (tertiary/aromatic N) is 2. The van der Waals surface area contributed by atoms with Gasteiger partial charge in [-0.2, -0.15) is 0 Å². The summed E-state index contributed by atoms with van der Waals surface area (Å²) in [4.78, 5) is 4.08. The van der Waals surface area contributed by atoms with Gasteiger partial charge in [-0.3, -0.25) is 0 Å². The molecule has 0 bridgehead atoms. The highest BCUT2D eigenvalue weighted by atomic mass is 15.0. The van der Waals surface area contributed by atoms with E-state index in [2.05, 4.69) is 25.8 Å². The molecule has 0 saturated heterocycles. The summed E-state index contributed by atoms with van der Waals surface area (Å²) >= 11 is 0. The topological polar surface area (TPSA) is 17.8 Å². The Morgan fingerprint density at radius 1 is 1.36 bits per heavy atom. The maximum atomic E-state index is 4.08. The largest absolute Gasteiger partial charge is 0.338 e. The summed E-state index contributed by atoms with van der Waals surface area (Å²) in [5.41, 5.74) is 2.36. The highest BCUT2D eigenvalue weighted by Crippen LogP contribution is 1.99. The summed E-state index contributed by atoms with van der Waals surface area (Å²) in [5.74, 6) is 0. The number of hydrogen-bond acceptors (Lipinski definition) is 1. The van der Waals surface area contributed by atoms with E-state index in [4.69, 9.17) is 0 Å². The molecule has 1 rings (SSSR count). The Balaban J connectivity index is 0.000000292. The molecule has 0 aliphatic heterocycles. The minimum atomic E-state index is 1.12. The molecule has 0 aliphatic carbocycles. The molecule has 11 heavy (non-hydrogen) atoms. The van der Waals surface area contributed by atoms with Crippen LogP contribution in [0.15, 0.2) is 6.33 Å². The molecule has 0 fully saturated rings. The van der Waals surface area contributed by atoms with Crippen molar-refractivity contribution in [2.45, 2.75) is 34.1 Å². The highest BCUT2D eigenvalue weighted by molar-refractivity contribution is 5.07. The van der Waals surface area contributed by atoms with Gasteiger partial charge >= 0.3 is 0 Å². The first-order chi connectivity index (χ1) is 5.13. The fourth-order valence-electron chi connectivity index (χ4n) is 0.608. The second kappa shape index (κ2) is 4.94. The average Bonchev–Trinajstić information content (AvgIpc) is 2.22. The van der Waals surface area contributed by atoms with Crippen LogP contribution in [0.5, 0.6) is 0 Å². The Kier molecular flexibility index (Phi) is 4.59. The van der Waals surface area contributed by atoms with Crippen molar-refractivity contribution in [2.24, 2.45) is 7.05 Å². The zero-order valence-electron chi connectivity index (χ0n) is 8.18. The van der Waals surface area contributed by atoms with Crippen LogP contribution in [0.3, 0.4) is 0 Å². The third-order valence-electron chi connectivity index (χ3n) is 1.48. The molecule has 0 N–H and O–H groups in total. The number of imidazole rings is 1. The molecule has 0 saturated carbocycles. The smallest absolute Gasteiger partial charge is 0.0948 e. The maximum absolute atomic E-state index is 4.08. The third kappa shape index (κ3) is 3.21. The van der Waals surface area contributed by atoms with E-state index in [-0.39, 0.29) is 0 Å². The van der Waals surface area contributed by atoms with Crippen molar-refractivity contribution in [1.82, 2.24) is 9.55 Å². The van der Waals surface area contributed by atoms with Crippen LogP contribution >= 0.6 is 0 Å². The average molecular weight is 154 g/mol. The lowest BCUT2D eigenvalue weighted by atomic mass is 10.4. The second-order valence-corrected chi connectivity index (χ2v) is 2.73. The number of aryl methyl sites for hydroxylation is 2. The molecule has 0 aromatic carbocycles. The first kappa shape index (κ1) is 10.2. The van der Waals surface area contributed by atoms with Gasteiger partial charge in [0, 0.05) is 12.7 Å². The van der Waals surface area contributed by atoms with Gasteiger partial charge in [0.05, 0.1) is 12.0 Å². The zero-order valence-corrected chi connectivity index (χ0v) is 8.18. The zero-order chi connectivity index (χ0) is 8.85. The lowest BCUT2D eigenvalue weighted by Crippen LogP contribution is -1.87. The first-order valence-corrected chi connectivity index (χ1v) is 4.08. The van der Waals surface area contributed by atoms with E-state index in [0.717, 1.165) is 5.69 Å². The fraction of sp³-hybridized carbons (Fsp3) is 0.667. The molecule has 1 aromatic rings. The number of hydrogen-bond donors (Lipinski definition) is 0. The van der Waals surface area contributed by atoms with E-state index in [9.17, 15) is 0 Å². The molecule has 1 heterocycles. The summed E-state index contributed by atoms with van der Waals surface area (Å²) in [6, 6.07) is 0. The van der Waals surface area contributed by atoms with Crippen LogP contribution in [0.2, 0.25) is 0 Å². The van der Waals surface area contributed by atoms with Crippen molar-refractivity contribution in [3.8, 4) is 0 Å². The van der Waals surface area contributed by atoms with Crippen LogP contribution < -0.4 is 0 Å². The van der Waals surface area contributed by atoms with Crippen molar-refractivity contribution in [3.63, 3.8) is 0 Å². The maximum Gasteiger partial charge on any atom is 0.0948 e. The predicted octanol–water partition coefficient (Wildman–Crippen LogP) is 2.45. The third-order valence-corrected chi connectivity index (χ3v) is 1.48. The Hall–Kier alpha value is -0.790. The number of rotatable bonds is 0. The molecule has 0 radical (unpaired) electrons. The summed E-state index contributed by atoms with van der Waals surface area (Å²) in [6.45, 7) is 8.32. The van der Waals surface area contributed by atoms with Gasteiger partial charge < -0.3 is 4.57 Å². The van der Waals surface area contributed by atoms with Crippen LogP contribution in [0.25, 0.3) is 0 Å². The van der Waals surface area contributed by atoms with E-state index in [1.807, 2.05) is 24.9 Å². The van der Waals surface area contributed by atoms with Gasteiger partial charge in [0.25, 0.3) is 0 Å². The molecule has 0 amide bonds. The minimum Gasteiger partial charge on any atom is -0.338 e. The Bertz CT molecular complexity index is 182. The van der Waals surface area contributed by atoms with E-state index in [1.165, 1.54) is 12.1 Å². The second-order valence-electron chi connectivity index (χ2n) is 2.73. The van der Waals surface area contributed by atoms with Crippen molar-refractivity contribution in [1.29, 1.82) is 0 Å². The fourth-order valence-corrected chi connectivity index (χ4v) is 0.608. The van der Waals surface area contributed by atoms with Crippen LogP contribution in [0.1, 0.15) is 31.7 Å². The molecule has 0 unspecified atom stereocenters. The van der Waals surface area contributed by atoms with Crippen molar-refractivity contribution in [3.05, 3.63) is 17.7 Å². The predicted molar refractivity (Wildman–Crippen MR) is 48.6 cm³/mol. The van der Waals surface area contributed by atoms with Crippen LogP contribution in [-0.2, 0) is 7.05 Å². The van der Waals surface area contributed by atoms with Crippen molar-refractivity contribution in [2.75, 3.05) is 0 Å². The van der Waals surface area contributed by atoms with Gasteiger partial charge in [-0.25, -0.2) is 4.98 Å². The van der Waals surface area contributed by atoms with E-state index in [0.29, 0.717) is 0 Å². The summed E-state index contributed by atoms with van der Waals surface area (Å²) in [6.07, 6.45) is 3.07. The summed E-state index contributed by atoms with van der Waals surface area (Å²) in [7, 11) is 2.00. The molecule has 1 aromatic heterocycles. The first-order valence-electron chi connectivity index (χ1n) is 4.08. The lowest BCUT2D eigenvalue weighted by Gasteiger charge is -1.90. The van der Waals surface area contributed by atoms with E-state index < -0.39 is 0 Å². The van der Waals surface area contributed by atoms with Gasteiger partial charge in [-0.05, 0) is 13.8 Å². The van der Waals surface area contributed by atoms with Crippen molar-refractivity contribution >= 4 is 0 Å². The molecule has 2 nitrogen and oxygen atoms in total. The van der Waals surface area contributed by atoms with Gasteiger partial charge in [-0.15, -0.1) is 0 Å². The van der Waals surface area contributed by atoms with Crippen LogP contribution in [0, 0.1) is 13.8 Å². The molecule has 64 valence electrons. The van der Waals surface area contributed by atoms with Gasteiger partial charge in [0.15, 0.2) is 0 Å². The molecule has 0 atom stereocenters. The molecule has 2 heteroatoms. The van der Waals surface area contributed by atoms with Gasteiger partial charge in [0.2, 0.25) is 0 Å². The van der Waals surface area contributed by atoms with Gasteiger partial charge in [0.1, 0.15) is 0 Å². The SMILES string of the molecule is CCC.Cc1ncn(C)c1C. The van der Waals surface area contributed by atoms with E-state index in [1.54, 1.807) is 0 Å². The molecular formula is C9H18N2. The molecule has 0 aliphatic rings. The molecular weight excluding hydrogens is 136 g/mol. The summed E-state index contributed by atoms with van der Waals surface area (Å²) < 4.78 is 2.01. The Morgan fingerprint density at radius 3 is 1.91 bits per heavy atom. The minimum absolute atomic E-state index is 1.12. The van der Waals surface area contributed by atoms with Crippen LogP contribution in [0.4, 0.5) is 0 Å². The quantitative estimate of drug-likeness (QED) is 0.561. The summed E-state index contributed by atoms with van der Waals surface area (Å²) in [5, 5.41) is 0. The number of aromatic nitrogens is 2. The van der Waals surface area contributed by atoms with Gasteiger partial charge in [-0.1, -0.05) is 20.3 Å². The van der Waals surface area contributed by atoms with Crippen molar-refractivity contribution < 1.29 is 0 Å². The normalized spacial score (nSPS) is 8.82. The highest BCUT2D eigenvalue weighted by Gasteiger charge is 1.93. The monoisotopic (exact) mass is 154 g/mol.